The Morgan fingerprint density at radius 1 is 0.571 bits per heavy atom. The number of hydrogen-bond donors (Lipinski definition) is 0. The van der Waals surface area contributed by atoms with Crippen LogP contribution >= 0.6 is 0 Å². The third kappa shape index (κ3) is 19.4. The van der Waals surface area contributed by atoms with Gasteiger partial charge in [-0.15, -0.1) is 0 Å². The summed E-state index contributed by atoms with van der Waals surface area (Å²) in [6.45, 7) is 25.4. The van der Waals surface area contributed by atoms with Crippen LogP contribution in [0.2, 0.25) is 0 Å². The van der Waals surface area contributed by atoms with E-state index in [0.29, 0.717) is 6.54 Å². The summed E-state index contributed by atoms with van der Waals surface area (Å²) in [5, 5.41) is 0. The van der Waals surface area contributed by atoms with Crippen LogP contribution in [0, 0.1) is 5.41 Å². The Morgan fingerprint density at radius 3 is 1.41 bits per heavy atom. The van der Waals surface area contributed by atoms with Gasteiger partial charge in [0, 0.05) is 88.4 Å². The van der Waals surface area contributed by atoms with E-state index in [-0.39, 0.29) is 97.5 Å². The van der Waals surface area contributed by atoms with Gasteiger partial charge in [0.05, 0.1) is 70.2 Å². The summed E-state index contributed by atoms with van der Waals surface area (Å²) in [5.41, 5.74) is 0.306. The van der Waals surface area contributed by atoms with E-state index in [1.807, 2.05) is 38.1 Å². The summed E-state index contributed by atoms with van der Waals surface area (Å²) in [6.07, 6.45) is 4.52. The monoisotopic (exact) mass is 886 g/mol. The lowest BCUT2D eigenvalue weighted by Gasteiger charge is -2.43. The van der Waals surface area contributed by atoms with Crippen molar-refractivity contribution >= 4 is 35.3 Å². The molecule has 2 aliphatic rings. The lowest BCUT2D eigenvalue weighted by atomic mass is 9.90. The van der Waals surface area contributed by atoms with E-state index < -0.39 is 28.9 Å². The SMILES string of the molecule is C=CC(=O)OCCOCC(COCCOC(=O)C=C)(COCCOC(=O)C=C)COCCOC(=O)CCN1CCN(c2ccc(C(=O)C(C)(C)N3CCN(CCC)CC3)cc2)CC1. The van der Waals surface area contributed by atoms with Crippen molar-refractivity contribution in [3.8, 4) is 0 Å². The van der Waals surface area contributed by atoms with Crippen molar-refractivity contribution in [2.24, 2.45) is 5.41 Å². The molecule has 2 aliphatic heterocycles. The molecule has 0 amide bonds. The molecule has 1 aromatic carbocycles. The van der Waals surface area contributed by atoms with Crippen molar-refractivity contribution < 1.29 is 61.9 Å². The predicted octanol–water partition coefficient (Wildman–Crippen LogP) is 2.97. The Labute approximate surface area is 373 Å². The van der Waals surface area contributed by atoms with Crippen molar-refractivity contribution in [2.75, 3.05) is 150 Å². The molecule has 0 aliphatic carbocycles. The van der Waals surface area contributed by atoms with Crippen molar-refractivity contribution in [2.45, 2.75) is 39.2 Å². The average Bonchev–Trinajstić information content (AvgIpc) is 3.30. The number of ketones is 1. The highest BCUT2D eigenvalue weighted by Gasteiger charge is 2.37. The topological polar surface area (TPSA) is 172 Å². The number of anilines is 1. The van der Waals surface area contributed by atoms with E-state index in [1.54, 1.807) is 0 Å². The second-order valence-electron chi connectivity index (χ2n) is 15.9. The van der Waals surface area contributed by atoms with Gasteiger partial charge in [-0.1, -0.05) is 26.7 Å². The molecule has 1 aromatic rings. The Balaban J connectivity index is 1.43. The highest BCUT2D eigenvalue weighted by Crippen LogP contribution is 2.25. The molecule has 0 radical (unpaired) electrons. The molecule has 0 bridgehead atoms. The number of rotatable bonds is 32. The maximum absolute atomic E-state index is 13.6. The van der Waals surface area contributed by atoms with E-state index in [4.69, 9.17) is 37.9 Å². The van der Waals surface area contributed by atoms with Gasteiger partial charge in [0.1, 0.15) is 26.4 Å². The number of hydrogen-bond acceptors (Lipinski definition) is 17. The molecule has 2 heterocycles. The largest absolute Gasteiger partial charge is 0.463 e. The van der Waals surface area contributed by atoms with Gasteiger partial charge in [-0.25, -0.2) is 14.4 Å². The van der Waals surface area contributed by atoms with Crippen LogP contribution in [-0.4, -0.2) is 195 Å². The molecule has 3 rings (SSSR count). The Bertz CT molecular complexity index is 1510. The van der Waals surface area contributed by atoms with Crippen molar-refractivity contribution in [1.29, 1.82) is 0 Å². The Hall–Kier alpha value is -4.49. The van der Waals surface area contributed by atoms with Crippen molar-refractivity contribution in [3.63, 3.8) is 0 Å². The normalized spacial score (nSPS) is 15.3. The number of Topliss-reactive ketones (excluding diaryl/α,β-unsaturated/α-hetero) is 1. The zero-order valence-electron chi connectivity index (χ0n) is 37.7. The third-order valence-corrected chi connectivity index (χ3v) is 10.8. The van der Waals surface area contributed by atoms with E-state index in [9.17, 15) is 24.0 Å². The van der Waals surface area contributed by atoms with Gasteiger partial charge in [-0.3, -0.25) is 19.4 Å². The van der Waals surface area contributed by atoms with Crippen LogP contribution < -0.4 is 4.90 Å². The van der Waals surface area contributed by atoms with E-state index in [0.717, 1.165) is 94.8 Å². The number of benzene rings is 1. The van der Waals surface area contributed by atoms with Crippen LogP contribution in [0.25, 0.3) is 0 Å². The van der Waals surface area contributed by atoms with Crippen molar-refractivity contribution in [3.05, 3.63) is 67.8 Å². The number of piperazine rings is 2. The molecule has 352 valence electrons. The fourth-order valence-corrected chi connectivity index (χ4v) is 7.12. The van der Waals surface area contributed by atoms with Crippen LogP contribution in [0.1, 0.15) is 44.0 Å². The molecule has 17 nitrogen and oxygen atoms in total. The first-order chi connectivity index (χ1) is 30.4. The molecule has 2 fully saturated rings. The summed E-state index contributed by atoms with van der Waals surface area (Å²) >= 11 is 0. The number of ether oxygens (including phenoxy) is 8. The van der Waals surface area contributed by atoms with Gasteiger partial charge < -0.3 is 47.7 Å². The van der Waals surface area contributed by atoms with Gasteiger partial charge >= 0.3 is 23.9 Å². The summed E-state index contributed by atoms with van der Waals surface area (Å²) in [4.78, 5) is 70.0. The number of carbonyl (C=O) groups excluding carboxylic acids is 5. The van der Waals surface area contributed by atoms with Gasteiger partial charge in [-0.2, -0.15) is 0 Å². The van der Waals surface area contributed by atoms with E-state index >= 15 is 0 Å². The molecule has 0 spiro atoms. The summed E-state index contributed by atoms with van der Waals surface area (Å²) in [7, 11) is 0. The first-order valence-electron chi connectivity index (χ1n) is 21.8. The van der Waals surface area contributed by atoms with Gasteiger partial charge in [-0.05, 0) is 51.1 Å². The minimum Gasteiger partial charge on any atom is -0.463 e. The second kappa shape index (κ2) is 29.1. The fraction of sp³-hybridized carbons (Fsp3) is 0.630. The highest BCUT2D eigenvalue weighted by atomic mass is 16.6. The number of esters is 4. The second-order valence-corrected chi connectivity index (χ2v) is 15.9. The molecule has 63 heavy (non-hydrogen) atoms. The molecule has 0 aromatic heterocycles. The van der Waals surface area contributed by atoms with E-state index in [2.05, 4.69) is 46.3 Å². The summed E-state index contributed by atoms with van der Waals surface area (Å²) < 4.78 is 43.9. The minimum absolute atomic E-state index is 0.0162. The first kappa shape index (κ1) is 52.9. The third-order valence-electron chi connectivity index (χ3n) is 10.8. The van der Waals surface area contributed by atoms with Gasteiger partial charge in [0.2, 0.25) is 0 Å². The fourth-order valence-electron chi connectivity index (χ4n) is 7.12. The van der Waals surface area contributed by atoms with Crippen LogP contribution in [0.5, 0.6) is 0 Å². The van der Waals surface area contributed by atoms with Crippen LogP contribution in [0.3, 0.4) is 0 Å². The molecule has 0 unspecified atom stereocenters. The lowest BCUT2D eigenvalue weighted by Crippen LogP contribution is -2.57. The smallest absolute Gasteiger partial charge is 0.330 e. The number of carbonyl (C=O) groups is 5. The molecular weight excluding hydrogens is 817 g/mol. The highest BCUT2D eigenvalue weighted by molar-refractivity contribution is 6.03. The van der Waals surface area contributed by atoms with Crippen LogP contribution in [0.15, 0.2) is 62.2 Å². The zero-order valence-corrected chi connectivity index (χ0v) is 37.7. The molecule has 0 N–H and O–H groups in total. The maximum Gasteiger partial charge on any atom is 0.330 e. The molecule has 17 heteroatoms. The molecular formula is C46H70N4O13. The average molecular weight is 887 g/mol. The van der Waals surface area contributed by atoms with Crippen LogP contribution in [0.4, 0.5) is 5.69 Å². The predicted molar refractivity (Wildman–Crippen MR) is 237 cm³/mol. The minimum atomic E-state index is -0.917. The van der Waals surface area contributed by atoms with Crippen molar-refractivity contribution in [1.82, 2.24) is 14.7 Å². The lowest BCUT2D eigenvalue weighted by molar-refractivity contribution is -0.149. The Morgan fingerprint density at radius 2 is 0.984 bits per heavy atom. The quantitative estimate of drug-likeness (QED) is 0.0340. The summed E-state index contributed by atoms with van der Waals surface area (Å²) in [6, 6.07) is 7.96. The summed E-state index contributed by atoms with van der Waals surface area (Å²) in [5.74, 6) is -1.95. The molecule has 2 saturated heterocycles. The first-order valence-corrected chi connectivity index (χ1v) is 21.8. The Kier molecular flexibility index (Phi) is 24.4. The number of nitrogens with zero attached hydrogens (tertiary/aromatic N) is 4. The van der Waals surface area contributed by atoms with Gasteiger partial charge in [0.15, 0.2) is 5.78 Å². The zero-order chi connectivity index (χ0) is 45.9. The van der Waals surface area contributed by atoms with Crippen LogP contribution in [-0.2, 0) is 57.1 Å². The standard InChI is InChI=1S/C46H70N4O13/c1-7-16-47-20-24-50(25-21-47)45(5,6)44(55)38-11-13-39(14-12-38)49-22-18-48(19-23-49)17-15-43(54)63-33-29-59-37-46(34-56-26-30-60-40(51)8-2,35-57-27-31-61-41(52)9-3)36-58-28-32-62-42(53)10-4/h8-14H,2-4,7,15-37H2,1,5-6H3. The molecule has 0 saturated carbocycles. The molecule has 0 atom stereocenters. The maximum atomic E-state index is 13.6. The van der Waals surface area contributed by atoms with Gasteiger partial charge in [0.25, 0.3) is 0 Å². The van der Waals surface area contributed by atoms with E-state index in [1.165, 1.54) is 0 Å².